The molecule has 1 aliphatic heterocycles. The topological polar surface area (TPSA) is 108 Å². The first-order valence-corrected chi connectivity index (χ1v) is 11.0. The normalized spacial score (nSPS) is 20.9. The third-order valence-electron chi connectivity index (χ3n) is 4.73. The molecule has 2 unspecified atom stereocenters. The number of aliphatic hydroxyl groups is 2. The zero-order valence-electron chi connectivity index (χ0n) is 16.8. The average molecular weight is 520 g/mol. The molecule has 0 aliphatic carbocycles. The van der Waals surface area contributed by atoms with Gasteiger partial charge in [-0.15, -0.1) is 22.7 Å². The molecule has 1 saturated heterocycles. The van der Waals surface area contributed by atoms with Gasteiger partial charge in [0.1, 0.15) is 11.6 Å². The van der Waals surface area contributed by atoms with Gasteiger partial charge in [-0.3, -0.25) is 4.79 Å². The number of nitrogens with zero attached hydrogens (tertiary/aromatic N) is 3. The second kappa shape index (κ2) is 9.79. The molecule has 1 fully saturated rings. The predicted octanol–water partition coefficient (Wildman–Crippen LogP) is 3.11. The summed E-state index contributed by atoms with van der Waals surface area (Å²) in [6, 6.07) is -1.60. The Hall–Kier alpha value is -1.85. The summed E-state index contributed by atoms with van der Waals surface area (Å²) in [5.41, 5.74) is 1.02. The molecule has 8 nitrogen and oxygen atoms in total. The van der Waals surface area contributed by atoms with Crippen LogP contribution in [-0.4, -0.2) is 68.9 Å². The number of halogens is 6. The molecule has 3 N–H and O–H groups in total. The molecule has 0 saturated carbocycles. The number of amides is 1. The van der Waals surface area contributed by atoms with Crippen LogP contribution in [0.2, 0.25) is 0 Å². The van der Waals surface area contributed by atoms with Gasteiger partial charge >= 0.3 is 12.4 Å². The van der Waals surface area contributed by atoms with Crippen molar-refractivity contribution in [2.75, 3.05) is 18.5 Å². The molecule has 3 heterocycles. The van der Waals surface area contributed by atoms with Crippen molar-refractivity contribution in [2.24, 2.45) is 5.92 Å². The second-order valence-electron chi connectivity index (χ2n) is 7.15. The van der Waals surface area contributed by atoms with Gasteiger partial charge < -0.3 is 20.3 Å². The zero-order chi connectivity index (χ0) is 24.6. The maximum absolute atomic E-state index is 13.2. The van der Waals surface area contributed by atoms with Crippen molar-refractivity contribution in [1.29, 1.82) is 0 Å². The molecule has 33 heavy (non-hydrogen) atoms. The maximum atomic E-state index is 13.2. The fraction of sp³-hybridized carbons (Fsp3) is 0.588. The van der Waals surface area contributed by atoms with E-state index in [0.717, 1.165) is 11.3 Å². The molecule has 0 aromatic carbocycles. The molecule has 3 atom stereocenters. The van der Waals surface area contributed by atoms with Crippen LogP contribution in [0.3, 0.4) is 0 Å². The number of hydrogen-bond acceptors (Lipinski definition) is 9. The molecular weight excluding hydrogens is 502 g/mol. The van der Waals surface area contributed by atoms with Gasteiger partial charge in [-0.2, -0.15) is 26.3 Å². The Bertz CT molecular complexity index is 980. The zero-order valence-corrected chi connectivity index (χ0v) is 18.4. The molecule has 2 aromatic rings. The average Bonchev–Trinajstić information content (AvgIpc) is 3.42. The minimum absolute atomic E-state index is 0.0365. The Kier molecular flexibility index (Phi) is 7.65. The van der Waals surface area contributed by atoms with Crippen LogP contribution in [0.1, 0.15) is 17.1 Å². The monoisotopic (exact) mass is 520 g/mol. The van der Waals surface area contributed by atoms with E-state index in [9.17, 15) is 41.4 Å². The minimum Gasteiger partial charge on any atom is -0.389 e. The number of ether oxygens (including phenoxy) is 1. The summed E-state index contributed by atoms with van der Waals surface area (Å²) in [6.07, 6.45) is -12.7. The lowest BCUT2D eigenvalue weighted by molar-refractivity contribution is -0.258. The van der Waals surface area contributed by atoms with Gasteiger partial charge in [0.25, 0.3) is 0 Å². The van der Waals surface area contributed by atoms with Gasteiger partial charge in [0.05, 0.1) is 34.8 Å². The first kappa shape index (κ1) is 25.8. The van der Waals surface area contributed by atoms with Gasteiger partial charge in [-0.05, 0) is 13.3 Å². The minimum atomic E-state index is -4.82. The number of aromatic nitrogens is 2. The van der Waals surface area contributed by atoms with E-state index in [1.165, 1.54) is 11.3 Å². The van der Waals surface area contributed by atoms with Gasteiger partial charge in [0.2, 0.25) is 12.3 Å². The number of anilines is 1. The molecule has 0 bridgehead atoms. The van der Waals surface area contributed by atoms with E-state index in [1.54, 1.807) is 12.3 Å². The highest BCUT2D eigenvalue weighted by molar-refractivity contribution is 7.17. The summed E-state index contributed by atoms with van der Waals surface area (Å²) in [6.45, 7) is -1.38. The van der Waals surface area contributed by atoms with Crippen LogP contribution in [0.5, 0.6) is 0 Å². The number of carbonyl (C=O) groups excluding carboxylic acids is 1. The number of hydrogen-bond donors (Lipinski definition) is 3. The van der Waals surface area contributed by atoms with Crippen LogP contribution in [-0.2, 0) is 16.1 Å². The quantitative estimate of drug-likeness (QED) is 0.380. The fourth-order valence-electron chi connectivity index (χ4n) is 3.25. The van der Waals surface area contributed by atoms with Crippen molar-refractivity contribution in [3.8, 4) is 10.6 Å². The van der Waals surface area contributed by atoms with Crippen LogP contribution in [0.4, 0.5) is 31.5 Å². The lowest BCUT2D eigenvalue weighted by atomic mass is 10.1. The molecule has 0 radical (unpaired) electrons. The van der Waals surface area contributed by atoms with E-state index >= 15 is 0 Å². The molecule has 0 spiro atoms. The molecule has 1 aliphatic rings. The number of aliphatic hydroxyl groups excluding tert-OH is 2. The van der Waals surface area contributed by atoms with E-state index in [4.69, 9.17) is 0 Å². The Morgan fingerprint density at radius 3 is 2.61 bits per heavy atom. The van der Waals surface area contributed by atoms with Crippen LogP contribution < -0.4 is 5.32 Å². The summed E-state index contributed by atoms with van der Waals surface area (Å²) >= 11 is 2.16. The number of alkyl halides is 6. The maximum Gasteiger partial charge on any atom is 0.411 e. The van der Waals surface area contributed by atoms with E-state index in [-0.39, 0.29) is 11.7 Å². The van der Waals surface area contributed by atoms with Crippen molar-refractivity contribution in [2.45, 2.75) is 44.8 Å². The second-order valence-corrected chi connectivity index (χ2v) is 9.09. The first-order valence-electron chi connectivity index (χ1n) is 9.31. The number of carbonyl (C=O) groups is 1. The molecule has 3 rings (SSSR count). The van der Waals surface area contributed by atoms with E-state index in [1.807, 2.05) is 0 Å². The highest BCUT2D eigenvalue weighted by Gasteiger charge is 2.51. The van der Waals surface area contributed by atoms with Gasteiger partial charge in [0.15, 0.2) is 5.13 Å². The summed E-state index contributed by atoms with van der Waals surface area (Å²) < 4.78 is 81.0. The number of aryl methyl sites for hydroxylation is 1. The number of nitrogens with one attached hydrogen (secondary N) is 1. The van der Waals surface area contributed by atoms with Crippen molar-refractivity contribution >= 4 is 33.7 Å². The Morgan fingerprint density at radius 2 is 2.03 bits per heavy atom. The lowest BCUT2D eigenvalue weighted by Crippen LogP contribution is -2.47. The summed E-state index contributed by atoms with van der Waals surface area (Å²) in [5, 5.41) is 23.5. The lowest BCUT2D eigenvalue weighted by Gasteiger charge is -2.28. The van der Waals surface area contributed by atoms with Gasteiger partial charge in [0, 0.05) is 11.9 Å². The van der Waals surface area contributed by atoms with Crippen molar-refractivity contribution in [1.82, 2.24) is 14.9 Å². The number of rotatable bonds is 7. The Balaban J connectivity index is 1.74. The van der Waals surface area contributed by atoms with Crippen molar-refractivity contribution in [3.05, 3.63) is 16.1 Å². The third kappa shape index (κ3) is 6.39. The van der Waals surface area contributed by atoms with Gasteiger partial charge in [-0.1, -0.05) is 0 Å². The van der Waals surface area contributed by atoms with Crippen LogP contribution in [0.25, 0.3) is 10.6 Å². The Labute approximate surface area is 190 Å². The van der Waals surface area contributed by atoms with Gasteiger partial charge in [-0.25, -0.2) is 14.9 Å². The molecular formula is C17H18F6N4O4S2. The first-order chi connectivity index (χ1) is 15.3. The largest absolute Gasteiger partial charge is 0.411 e. The number of thiazole rings is 2. The van der Waals surface area contributed by atoms with Crippen LogP contribution in [0.15, 0.2) is 5.38 Å². The molecule has 16 heteroatoms. The third-order valence-corrected chi connectivity index (χ3v) is 6.65. The smallest absolute Gasteiger partial charge is 0.389 e. The molecule has 184 valence electrons. The molecule has 2 aromatic heterocycles. The van der Waals surface area contributed by atoms with E-state index in [0.29, 0.717) is 26.2 Å². The summed E-state index contributed by atoms with van der Waals surface area (Å²) in [7, 11) is 0. The van der Waals surface area contributed by atoms with E-state index in [2.05, 4.69) is 20.0 Å². The number of likely N-dealkylation sites (tertiary alicyclic amines) is 1. The van der Waals surface area contributed by atoms with Crippen molar-refractivity contribution in [3.63, 3.8) is 0 Å². The summed E-state index contributed by atoms with van der Waals surface area (Å²) in [4.78, 5) is 22.2. The van der Waals surface area contributed by atoms with Crippen LogP contribution >= 0.6 is 22.7 Å². The highest BCUT2D eigenvalue weighted by atomic mass is 32.1. The summed E-state index contributed by atoms with van der Waals surface area (Å²) in [5.74, 6) is -3.02. The molecule has 1 amide bonds. The SMILES string of the molecule is Cc1nc(CO)sc1-c1csc(NC(=O)C2C[C@H](C(F)(F)F)CN2C(O)OCC(F)(F)F)n1. The fourth-order valence-corrected chi connectivity index (χ4v) is 4.91. The van der Waals surface area contributed by atoms with Crippen LogP contribution in [0, 0.1) is 12.8 Å². The standard InChI is InChI=1S/C17H18F6N4O4S2/c1-7-12(33-11(4-28)24-7)9-5-32-14(25-9)26-13(29)10-2-8(17(21,22)23)3-27(10)15(30)31-6-16(18,19)20/h5,8,10,15,28,30H,2-4,6H2,1H3,(H,25,26,29)/t8-,10?,15?/m0/s1. The van der Waals surface area contributed by atoms with Crippen molar-refractivity contribution < 1.29 is 46.1 Å². The highest BCUT2D eigenvalue weighted by Crippen LogP contribution is 2.38. The van der Waals surface area contributed by atoms with E-state index < -0.39 is 56.2 Å². The predicted molar refractivity (Wildman–Crippen MR) is 105 cm³/mol. The Morgan fingerprint density at radius 1 is 1.33 bits per heavy atom.